The van der Waals surface area contributed by atoms with Crippen molar-refractivity contribution in [3.63, 3.8) is 0 Å². The summed E-state index contributed by atoms with van der Waals surface area (Å²) in [5, 5.41) is 0. The highest BCUT2D eigenvalue weighted by atomic mass is 127. The van der Waals surface area contributed by atoms with Crippen LogP contribution < -0.4 is 0 Å². The summed E-state index contributed by atoms with van der Waals surface area (Å²) in [6, 6.07) is -0.225. The molecule has 0 aromatic rings. The summed E-state index contributed by atoms with van der Waals surface area (Å²) in [6.07, 6.45) is 1.73. The van der Waals surface area contributed by atoms with Crippen LogP contribution in [0.3, 0.4) is 0 Å². The van der Waals surface area contributed by atoms with Crippen LogP contribution in [-0.4, -0.2) is 22.8 Å². The zero-order valence-electron chi connectivity index (χ0n) is 5.63. The van der Waals surface area contributed by atoms with Gasteiger partial charge in [-0.3, -0.25) is 4.99 Å². The molecule has 0 amide bonds. The Hall–Kier alpha value is -0.130. The van der Waals surface area contributed by atoms with Crippen molar-refractivity contribution in [1.29, 1.82) is 0 Å². The highest BCUT2D eigenvalue weighted by Gasteiger charge is 2.23. The number of hydrogen-bond donors (Lipinski definition) is 0. The molecule has 0 radical (unpaired) electrons. The predicted molar refractivity (Wildman–Crippen MR) is 46.5 cm³/mol. The average molecular weight is 253 g/mol. The zero-order chi connectivity index (χ0) is 7.56. The molecule has 0 aromatic carbocycles. The fourth-order valence-corrected chi connectivity index (χ4v) is 1.51. The number of methoxy groups -OCH3 is 1. The monoisotopic (exact) mass is 253 g/mol. The van der Waals surface area contributed by atoms with Gasteiger partial charge in [0.2, 0.25) is 0 Å². The molecule has 10 heavy (non-hydrogen) atoms. The van der Waals surface area contributed by atoms with E-state index < -0.39 is 0 Å². The van der Waals surface area contributed by atoms with Crippen LogP contribution in [0.2, 0.25) is 0 Å². The third-order valence-electron chi connectivity index (χ3n) is 1.39. The molecule has 0 saturated carbocycles. The van der Waals surface area contributed by atoms with Crippen LogP contribution in [0.4, 0.5) is 0 Å². The molecule has 0 fully saturated rings. The third-order valence-corrected chi connectivity index (χ3v) is 2.21. The van der Waals surface area contributed by atoms with Crippen LogP contribution in [0.5, 0.6) is 0 Å². The van der Waals surface area contributed by atoms with Crippen molar-refractivity contribution in [1.82, 2.24) is 0 Å². The Kier molecular flexibility index (Phi) is 2.64. The Morgan fingerprint density at radius 2 is 2.60 bits per heavy atom. The van der Waals surface area contributed by atoms with Crippen LogP contribution >= 0.6 is 22.6 Å². The SMILES string of the molecule is COC(=O)[C@@H]1CCC(I)=N1. The predicted octanol–water partition coefficient (Wildman–Crippen LogP) is 1.16. The van der Waals surface area contributed by atoms with Gasteiger partial charge in [-0.05, 0) is 35.4 Å². The molecule has 0 bridgehead atoms. The Morgan fingerprint density at radius 1 is 1.90 bits per heavy atom. The van der Waals surface area contributed by atoms with Gasteiger partial charge in [0, 0.05) is 0 Å². The van der Waals surface area contributed by atoms with Gasteiger partial charge in [-0.1, -0.05) is 0 Å². The number of halogens is 1. The number of ether oxygens (including phenoxy) is 1. The van der Waals surface area contributed by atoms with E-state index in [9.17, 15) is 4.79 Å². The number of carbonyl (C=O) groups is 1. The van der Waals surface area contributed by atoms with Crippen molar-refractivity contribution in [3.8, 4) is 0 Å². The molecule has 0 spiro atoms. The molecular formula is C6H8INO2. The van der Waals surface area contributed by atoms with Gasteiger partial charge in [-0.25, -0.2) is 4.79 Å². The van der Waals surface area contributed by atoms with Crippen molar-refractivity contribution in [2.24, 2.45) is 4.99 Å². The fourth-order valence-electron chi connectivity index (χ4n) is 0.861. The van der Waals surface area contributed by atoms with E-state index >= 15 is 0 Å². The molecule has 3 nitrogen and oxygen atoms in total. The summed E-state index contributed by atoms with van der Waals surface area (Å²) in [5.41, 5.74) is 0. The van der Waals surface area contributed by atoms with E-state index in [-0.39, 0.29) is 12.0 Å². The largest absolute Gasteiger partial charge is 0.467 e. The van der Waals surface area contributed by atoms with Crippen molar-refractivity contribution in [2.75, 3.05) is 7.11 Å². The Labute approximate surface area is 73.0 Å². The summed E-state index contributed by atoms with van der Waals surface area (Å²) in [6.45, 7) is 0. The molecule has 0 saturated heterocycles. The topological polar surface area (TPSA) is 38.7 Å². The molecule has 1 rings (SSSR count). The number of aliphatic imine (C=N–C) groups is 1. The van der Waals surface area contributed by atoms with Crippen LogP contribution in [-0.2, 0) is 9.53 Å². The van der Waals surface area contributed by atoms with Gasteiger partial charge in [0.1, 0.15) is 6.04 Å². The molecule has 1 aliphatic rings. The van der Waals surface area contributed by atoms with Gasteiger partial charge < -0.3 is 4.74 Å². The van der Waals surface area contributed by atoms with Gasteiger partial charge in [0.25, 0.3) is 0 Å². The number of nitrogens with zero attached hydrogens (tertiary/aromatic N) is 1. The molecule has 1 heterocycles. The molecule has 1 aliphatic heterocycles. The van der Waals surface area contributed by atoms with Crippen molar-refractivity contribution < 1.29 is 9.53 Å². The van der Waals surface area contributed by atoms with Crippen molar-refractivity contribution >= 4 is 32.3 Å². The van der Waals surface area contributed by atoms with Gasteiger partial charge in [0.05, 0.1) is 10.8 Å². The minimum absolute atomic E-state index is 0.216. The standard InChI is InChI=1S/C6H8INO2/c1-10-6(9)4-2-3-5(7)8-4/h4H,2-3H2,1H3/t4-/m0/s1. The lowest BCUT2D eigenvalue weighted by atomic mass is 10.2. The van der Waals surface area contributed by atoms with Crippen molar-refractivity contribution in [2.45, 2.75) is 18.9 Å². The Morgan fingerprint density at radius 3 is 3.00 bits per heavy atom. The number of hydrogen-bond acceptors (Lipinski definition) is 3. The molecule has 0 N–H and O–H groups in total. The summed E-state index contributed by atoms with van der Waals surface area (Å²) in [5.74, 6) is -0.216. The Balaban J connectivity index is 2.52. The van der Waals surface area contributed by atoms with Gasteiger partial charge in [-0.2, -0.15) is 0 Å². The maximum atomic E-state index is 10.8. The zero-order valence-corrected chi connectivity index (χ0v) is 7.79. The normalized spacial score (nSPS) is 24.2. The minimum Gasteiger partial charge on any atom is -0.467 e. The van der Waals surface area contributed by atoms with E-state index in [1.807, 2.05) is 0 Å². The second kappa shape index (κ2) is 3.32. The molecule has 0 aliphatic carbocycles. The highest BCUT2D eigenvalue weighted by molar-refractivity contribution is 14.1. The van der Waals surface area contributed by atoms with E-state index in [4.69, 9.17) is 0 Å². The smallest absolute Gasteiger partial charge is 0.330 e. The van der Waals surface area contributed by atoms with Gasteiger partial charge in [0.15, 0.2) is 0 Å². The van der Waals surface area contributed by atoms with E-state index in [0.717, 1.165) is 16.6 Å². The van der Waals surface area contributed by atoms with E-state index in [1.165, 1.54) is 7.11 Å². The summed E-state index contributed by atoms with van der Waals surface area (Å²) < 4.78 is 5.55. The third kappa shape index (κ3) is 1.68. The van der Waals surface area contributed by atoms with Crippen molar-refractivity contribution in [3.05, 3.63) is 0 Å². The first kappa shape index (κ1) is 7.97. The molecule has 1 atom stereocenters. The fraction of sp³-hybridized carbons (Fsp3) is 0.667. The second-order valence-electron chi connectivity index (χ2n) is 2.08. The van der Waals surface area contributed by atoms with Crippen LogP contribution in [0.1, 0.15) is 12.8 Å². The first-order valence-electron chi connectivity index (χ1n) is 3.04. The first-order valence-corrected chi connectivity index (χ1v) is 4.12. The number of rotatable bonds is 1. The number of carbonyl (C=O) groups excluding carboxylic acids is 1. The second-order valence-corrected chi connectivity index (χ2v) is 3.33. The maximum Gasteiger partial charge on any atom is 0.330 e. The summed E-state index contributed by atoms with van der Waals surface area (Å²) in [7, 11) is 1.39. The highest BCUT2D eigenvalue weighted by Crippen LogP contribution is 2.17. The molecule has 0 aromatic heterocycles. The van der Waals surface area contributed by atoms with E-state index in [1.54, 1.807) is 0 Å². The molecule has 56 valence electrons. The van der Waals surface area contributed by atoms with Gasteiger partial charge >= 0.3 is 5.97 Å². The quantitative estimate of drug-likeness (QED) is 0.519. The minimum atomic E-state index is -0.225. The van der Waals surface area contributed by atoms with Gasteiger partial charge in [-0.15, -0.1) is 0 Å². The number of esters is 1. The van der Waals surface area contributed by atoms with E-state index in [0.29, 0.717) is 0 Å². The maximum absolute atomic E-state index is 10.8. The average Bonchev–Trinajstić information content (AvgIpc) is 2.34. The molecule has 4 heteroatoms. The van der Waals surface area contributed by atoms with E-state index in [2.05, 4.69) is 32.3 Å². The van der Waals surface area contributed by atoms with Crippen LogP contribution in [0.15, 0.2) is 4.99 Å². The summed E-state index contributed by atoms with van der Waals surface area (Å²) >= 11 is 2.14. The lowest BCUT2D eigenvalue weighted by Crippen LogP contribution is -2.16. The lowest BCUT2D eigenvalue weighted by Gasteiger charge is -2.01. The Bertz CT molecular complexity index is 179. The molecule has 0 unspecified atom stereocenters. The lowest BCUT2D eigenvalue weighted by molar-refractivity contribution is -0.141. The molecular weight excluding hydrogens is 245 g/mol. The first-order chi connectivity index (χ1) is 4.74. The van der Waals surface area contributed by atoms with Crippen LogP contribution in [0.25, 0.3) is 0 Å². The van der Waals surface area contributed by atoms with Crippen LogP contribution in [0, 0.1) is 0 Å². The summed E-state index contributed by atoms with van der Waals surface area (Å²) in [4.78, 5) is 14.9.